The summed E-state index contributed by atoms with van der Waals surface area (Å²) in [7, 11) is 0. The van der Waals surface area contributed by atoms with Gasteiger partial charge in [0.05, 0.1) is 17.6 Å². The lowest BCUT2D eigenvalue weighted by atomic mass is 10.0. The molecule has 2 atom stereocenters. The largest absolute Gasteiger partial charge is 0.349 e. The van der Waals surface area contributed by atoms with Gasteiger partial charge in [-0.25, -0.2) is 9.67 Å². The van der Waals surface area contributed by atoms with Gasteiger partial charge in [-0.05, 0) is 36.6 Å². The Balaban J connectivity index is 1.30. The first kappa shape index (κ1) is 19.8. The average Bonchev–Trinajstić information content (AvgIpc) is 3.43. The van der Waals surface area contributed by atoms with Crippen molar-refractivity contribution in [2.75, 3.05) is 13.1 Å². The fourth-order valence-corrected chi connectivity index (χ4v) is 3.74. The zero-order valence-corrected chi connectivity index (χ0v) is 16.9. The number of rotatable bonds is 7. The standard InChI is InChI=1S/C23H25N5O2/c1-17(19-7-9-21(10-8-19)28-16-24-15-25-28)26-23(30)20-13-22(29)27(14-20)12-11-18-5-3-2-4-6-18/h2-10,15-17,20H,11-14H2,1H3,(H,26,30)/t17-,20-/m1/s1. The van der Waals surface area contributed by atoms with E-state index in [1.165, 1.54) is 11.9 Å². The molecule has 1 aliphatic rings. The molecule has 3 aromatic rings. The van der Waals surface area contributed by atoms with Crippen molar-refractivity contribution in [1.29, 1.82) is 0 Å². The van der Waals surface area contributed by atoms with Crippen molar-refractivity contribution in [2.45, 2.75) is 25.8 Å². The van der Waals surface area contributed by atoms with E-state index >= 15 is 0 Å². The van der Waals surface area contributed by atoms with Crippen LogP contribution in [0.5, 0.6) is 0 Å². The Morgan fingerprint density at radius 1 is 1.17 bits per heavy atom. The highest BCUT2D eigenvalue weighted by Crippen LogP contribution is 2.21. The van der Waals surface area contributed by atoms with Gasteiger partial charge in [0.2, 0.25) is 11.8 Å². The highest BCUT2D eigenvalue weighted by Gasteiger charge is 2.34. The fourth-order valence-electron chi connectivity index (χ4n) is 3.74. The van der Waals surface area contributed by atoms with Gasteiger partial charge in [-0.15, -0.1) is 0 Å². The SMILES string of the molecule is C[C@@H](NC(=O)[C@@H]1CC(=O)N(CCc2ccccc2)C1)c1ccc(-n2cncn2)cc1. The van der Waals surface area contributed by atoms with Crippen LogP contribution in [0.3, 0.4) is 0 Å². The van der Waals surface area contributed by atoms with Gasteiger partial charge >= 0.3 is 0 Å². The third kappa shape index (κ3) is 4.56. The van der Waals surface area contributed by atoms with Crippen LogP contribution < -0.4 is 5.32 Å². The number of hydrogen-bond donors (Lipinski definition) is 1. The van der Waals surface area contributed by atoms with Crippen LogP contribution in [-0.4, -0.2) is 44.6 Å². The van der Waals surface area contributed by atoms with E-state index in [2.05, 4.69) is 27.5 Å². The lowest BCUT2D eigenvalue weighted by Crippen LogP contribution is -2.35. The summed E-state index contributed by atoms with van der Waals surface area (Å²) >= 11 is 0. The van der Waals surface area contributed by atoms with Crippen molar-refractivity contribution >= 4 is 11.8 Å². The van der Waals surface area contributed by atoms with E-state index in [0.29, 0.717) is 13.1 Å². The van der Waals surface area contributed by atoms with Gasteiger partial charge in [-0.2, -0.15) is 5.10 Å². The van der Waals surface area contributed by atoms with Crippen LogP contribution in [-0.2, 0) is 16.0 Å². The lowest BCUT2D eigenvalue weighted by molar-refractivity contribution is -0.129. The first-order valence-electron chi connectivity index (χ1n) is 10.2. The lowest BCUT2D eigenvalue weighted by Gasteiger charge is -2.19. The maximum absolute atomic E-state index is 12.7. The van der Waals surface area contributed by atoms with E-state index in [1.54, 1.807) is 15.9 Å². The molecule has 30 heavy (non-hydrogen) atoms. The number of likely N-dealkylation sites (tertiary alicyclic amines) is 1. The number of benzene rings is 2. The normalized spacial score (nSPS) is 17.2. The van der Waals surface area contributed by atoms with E-state index < -0.39 is 0 Å². The van der Waals surface area contributed by atoms with Crippen LogP contribution in [0.1, 0.15) is 30.5 Å². The maximum atomic E-state index is 12.7. The van der Waals surface area contributed by atoms with Gasteiger partial charge in [-0.3, -0.25) is 9.59 Å². The monoisotopic (exact) mass is 403 g/mol. The molecule has 1 saturated heterocycles. The molecular weight excluding hydrogens is 378 g/mol. The molecule has 154 valence electrons. The Kier molecular flexibility index (Phi) is 5.88. The number of aromatic nitrogens is 3. The third-order valence-corrected chi connectivity index (χ3v) is 5.53. The Bertz CT molecular complexity index is 986. The molecule has 2 heterocycles. The van der Waals surface area contributed by atoms with Gasteiger partial charge in [0.25, 0.3) is 0 Å². The van der Waals surface area contributed by atoms with Crippen LogP contribution in [0.2, 0.25) is 0 Å². The molecule has 0 spiro atoms. The van der Waals surface area contributed by atoms with Gasteiger partial charge in [0.15, 0.2) is 0 Å². The van der Waals surface area contributed by atoms with Crippen LogP contribution in [0.4, 0.5) is 0 Å². The van der Waals surface area contributed by atoms with Gasteiger partial charge in [0, 0.05) is 19.5 Å². The quantitative estimate of drug-likeness (QED) is 0.657. The molecule has 7 heteroatoms. The number of carbonyl (C=O) groups excluding carboxylic acids is 2. The van der Waals surface area contributed by atoms with Crippen molar-refractivity contribution in [3.63, 3.8) is 0 Å². The molecule has 1 fully saturated rings. The molecule has 1 N–H and O–H groups in total. The second-order valence-corrected chi connectivity index (χ2v) is 7.64. The van der Waals surface area contributed by atoms with Crippen LogP contribution in [0, 0.1) is 5.92 Å². The second-order valence-electron chi connectivity index (χ2n) is 7.64. The topological polar surface area (TPSA) is 80.1 Å². The number of hydrogen-bond acceptors (Lipinski definition) is 4. The molecule has 2 amide bonds. The van der Waals surface area contributed by atoms with Crippen LogP contribution in [0.25, 0.3) is 5.69 Å². The van der Waals surface area contributed by atoms with Crippen LogP contribution in [0.15, 0.2) is 67.3 Å². The number of carbonyl (C=O) groups is 2. The first-order valence-corrected chi connectivity index (χ1v) is 10.2. The van der Waals surface area contributed by atoms with Crippen molar-refractivity contribution in [1.82, 2.24) is 25.0 Å². The second kappa shape index (κ2) is 8.90. The molecule has 0 bridgehead atoms. The van der Waals surface area contributed by atoms with Crippen molar-refractivity contribution in [2.24, 2.45) is 5.92 Å². The van der Waals surface area contributed by atoms with E-state index in [4.69, 9.17) is 0 Å². The predicted octanol–water partition coefficient (Wildman–Crippen LogP) is 2.54. The summed E-state index contributed by atoms with van der Waals surface area (Å²) in [5.74, 6) is -0.320. The van der Waals surface area contributed by atoms with Crippen molar-refractivity contribution in [3.8, 4) is 5.69 Å². The summed E-state index contributed by atoms with van der Waals surface area (Å²) in [4.78, 5) is 30.8. The van der Waals surface area contributed by atoms with Gasteiger partial charge in [0.1, 0.15) is 12.7 Å². The summed E-state index contributed by atoms with van der Waals surface area (Å²) in [5, 5.41) is 7.16. The predicted molar refractivity (Wildman–Crippen MR) is 113 cm³/mol. The zero-order chi connectivity index (χ0) is 20.9. The van der Waals surface area contributed by atoms with E-state index in [1.807, 2.05) is 49.4 Å². The molecule has 4 rings (SSSR count). The van der Waals surface area contributed by atoms with E-state index in [0.717, 1.165) is 17.7 Å². The summed E-state index contributed by atoms with van der Waals surface area (Å²) in [5.41, 5.74) is 3.10. The third-order valence-electron chi connectivity index (χ3n) is 5.53. The first-order chi connectivity index (χ1) is 14.6. The highest BCUT2D eigenvalue weighted by molar-refractivity contribution is 5.89. The fraction of sp³-hybridized carbons (Fsp3) is 0.304. The Morgan fingerprint density at radius 2 is 1.93 bits per heavy atom. The molecule has 7 nitrogen and oxygen atoms in total. The highest BCUT2D eigenvalue weighted by atomic mass is 16.2. The van der Waals surface area contributed by atoms with Gasteiger partial charge < -0.3 is 10.2 Å². The Morgan fingerprint density at radius 3 is 2.63 bits per heavy atom. The minimum Gasteiger partial charge on any atom is -0.349 e. The van der Waals surface area contributed by atoms with E-state index in [9.17, 15) is 9.59 Å². The number of amides is 2. The number of nitrogens with zero attached hydrogens (tertiary/aromatic N) is 4. The Hall–Kier alpha value is -3.48. The summed E-state index contributed by atoms with van der Waals surface area (Å²) in [6.07, 6.45) is 4.21. The molecule has 1 aliphatic heterocycles. The summed E-state index contributed by atoms with van der Waals surface area (Å²) < 4.78 is 1.68. The zero-order valence-electron chi connectivity index (χ0n) is 16.9. The van der Waals surface area contributed by atoms with Crippen LogP contribution >= 0.6 is 0 Å². The minimum absolute atomic E-state index is 0.0518. The molecule has 0 radical (unpaired) electrons. The average molecular weight is 403 g/mol. The maximum Gasteiger partial charge on any atom is 0.225 e. The minimum atomic E-state index is -0.301. The van der Waals surface area contributed by atoms with Gasteiger partial charge in [-0.1, -0.05) is 42.5 Å². The summed E-state index contributed by atoms with van der Waals surface area (Å²) in [6, 6.07) is 17.8. The smallest absolute Gasteiger partial charge is 0.225 e. The molecule has 1 aromatic heterocycles. The molecule has 0 aliphatic carbocycles. The summed E-state index contributed by atoms with van der Waals surface area (Å²) in [6.45, 7) is 3.08. The van der Waals surface area contributed by atoms with E-state index in [-0.39, 0.29) is 30.2 Å². The Labute approximate surface area is 175 Å². The molecule has 0 saturated carbocycles. The molecule has 0 unspecified atom stereocenters. The van der Waals surface area contributed by atoms with Crippen molar-refractivity contribution in [3.05, 3.63) is 78.4 Å². The molecular formula is C23H25N5O2. The number of nitrogens with one attached hydrogen (secondary N) is 1. The van der Waals surface area contributed by atoms with Crippen molar-refractivity contribution < 1.29 is 9.59 Å². The molecule has 2 aromatic carbocycles.